The molecule has 0 saturated carbocycles. The molecule has 0 amide bonds. The van der Waals surface area contributed by atoms with Gasteiger partial charge in [-0.25, -0.2) is 0 Å². The maximum Gasteiger partial charge on any atom is 0.0299 e. The molecule has 0 nitrogen and oxygen atoms in total. The van der Waals surface area contributed by atoms with Crippen LogP contribution in [0.2, 0.25) is 0 Å². The lowest BCUT2D eigenvalue weighted by molar-refractivity contribution is 1.54. The number of aryl methyl sites for hydroxylation is 1. The molecule has 0 saturated heterocycles. The topological polar surface area (TPSA) is 0 Å². The summed E-state index contributed by atoms with van der Waals surface area (Å²) in [6.45, 7) is 5.72. The van der Waals surface area contributed by atoms with E-state index in [4.69, 9.17) is 0 Å². The fourth-order valence-corrected chi connectivity index (χ4v) is 1.54. The van der Waals surface area contributed by atoms with E-state index in [9.17, 15) is 0 Å². The first-order valence-electron chi connectivity index (χ1n) is 3.18. The average Bonchev–Trinajstić information content (AvgIpc) is 2.31. The highest BCUT2D eigenvalue weighted by Gasteiger charge is 1.91. The molecule has 1 aromatic rings. The Balaban J connectivity index is 2.83. The Morgan fingerprint density at radius 3 is 2.90 bits per heavy atom. The van der Waals surface area contributed by atoms with Gasteiger partial charge in [-0.2, -0.15) is 0 Å². The van der Waals surface area contributed by atoms with Crippen molar-refractivity contribution in [2.75, 3.05) is 0 Å². The van der Waals surface area contributed by atoms with Crippen LogP contribution < -0.4 is 0 Å². The molecule has 0 radical (unpaired) electrons. The van der Waals surface area contributed by atoms with Gasteiger partial charge in [0.15, 0.2) is 0 Å². The molecule has 10 heavy (non-hydrogen) atoms. The molecule has 1 rings (SSSR count). The summed E-state index contributed by atoms with van der Waals surface area (Å²) < 4.78 is 0. The van der Waals surface area contributed by atoms with Gasteiger partial charge in [-0.3, -0.25) is 0 Å². The number of rotatable bonds is 2. The first kappa shape index (κ1) is 7.29. The molecule has 52 valence electrons. The maximum atomic E-state index is 3.61. The molecule has 1 aromatic heterocycles. The fraction of sp³-hybridized carbons (Fsp3) is 0.111. The molecular formula is C9H10S. The molecule has 0 fully saturated rings. The lowest BCUT2D eigenvalue weighted by Crippen LogP contribution is -1.64. The molecule has 0 aromatic carbocycles. The third-order valence-corrected chi connectivity index (χ3v) is 2.27. The van der Waals surface area contributed by atoms with E-state index in [1.54, 1.807) is 17.4 Å². The zero-order valence-corrected chi connectivity index (χ0v) is 6.82. The van der Waals surface area contributed by atoms with Crippen LogP contribution in [0.25, 0.3) is 6.08 Å². The molecule has 0 aliphatic heterocycles. The summed E-state index contributed by atoms with van der Waals surface area (Å²) in [5, 5.41) is 2.10. The molecule has 0 spiro atoms. The van der Waals surface area contributed by atoms with Gasteiger partial charge in [-0.05, 0) is 30.0 Å². The normalized spacial score (nSPS) is 10.5. The van der Waals surface area contributed by atoms with E-state index in [1.807, 2.05) is 6.08 Å². The van der Waals surface area contributed by atoms with Gasteiger partial charge in [0, 0.05) is 4.88 Å². The summed E-state index contributed by atoms with van der Waals surface area (Å²) in [5.41, 5.74) is 1.34. The molecular weight excluding hydrogens is 140 g/mol. The minimum absolute atomic E-state index is 1.32. The summed E-state index contributed by atoms with van der Waals surface area (Å²) in [7, 11) is 0. The second-order valence-electron chi connectivity index (χ2n) is 2.06. The van der Waals surface area contributed by atoms with Gasteiger partial charge >= 0.3 is 0 Å². The van der Waals surface area contributed by atoms with Crippen LogP contribution in [0.5, 0.6) is 0 Å². The van der Waals surface area contributed by atoms with Crippen LogP contribution in [-0.4, -0.2) is 0 Å². The van der Waals surface area contributed by atoms with Crippen LogP contribution in [0.15, 0.2) is 30.2 Å². The molecule has 0 aliphatic rings. The van der Waals surface area contributed by atoms with Crippen molar-refractivity contribution in [3.8, 4) is 0 Å². The summed E-state index contributed by atoms with van der Waals surface area (Å²) >= 11 is 1.75. The van der Waals surface area contributed by atoms with Crippen molar-refractivity contribution < 1.29 is 0 Å². The second kappa shape index (κ2) is 3.37. The van der Waals surface area contributed by atoms with Crippen LogP contribution in [0.3, 0.4) is 0 Å². The van der Waals surface area contributed by atoms with Crippen LogP contribution in [0.4, 0.5) is 0 Å². The smallest absolute Gasteiger partial charge is 0.0299 e. The minimum atomic E-state index is 1.32. The monoisotopic (exact) mass is 150 g/mol. The van der Waals surface area contributed by atoms with Gasteiger partial charge in [0.05, 0.1) is 0 Å². The third-order valence-electron chi connectivity index (χ3n) is 1.29. The Morgan fingerprint density at radius 1 is 1.60 bits per heavy atom. The number of thiophene rings is 1. The van der Waals surface area contributed by atoms with Crippen LogP contribution in [-0.2, 0) is 0 Å². The zero-order valence-electron chi connectivity index (χ0n) is 6.00. The first-order valence-corrected chi connectivity index (χ1v) is 4.06. The van der Waals surface area contributed by atoms with Crippen molar-refractivity contribution in [3.63, 3.8) is 0 Å². The molecule has 0 atom stereocenters. The third kappa shape index (κ3) is 1.58. The highest BCUT2D eigenvalue weighted by atomic mass is 32.1. The van der Waals surface area contributed by atoms with E-state index in [0.717, 1.165) is 0 Å². The Kier molecular flexibility index (Phi) is 2.46. The summed E-state index contributed by atoms with van der Waals surface area (Å²) in [4.78, 5) is 1.32. The quantitative estimate of drug-likeness (QED) is 0.568. The zero-order chi connectivity index (χ0) is 7.40. The SMILES string of the molecule is C=C/C=C\c1sccc1C. The van der Waals surface area contributed by atoms with Gasteiger partial charge in [0.2, 0.25) is 0 Å². The van der Waals surface area contributed by atoms with Crippen molar-refractivity contribution in [2.24, 2.45) is 0 Å². The first-order chi connectivity index (χ1) is 4.84. The summed E-state index contributed by atoms with van der Waals surface area (Å²) in [6.07, 6.45) is 5.82. The number of hydrogen-bond donors (Lipinski definition) is 0. The Morgan fingerprint density at radius 2 is 2.40 bits per heavy atom. The largest absolute Gasteiger partial charge is 0.144 e. The van der Waals surface area contributed by atoms with E-state index < -0.39 is 0 Å². The maximum absolute atomic E-state index is 3.61. The van der Waals surface area contributed by atoms with Gasteiger partial charge in [0.25, 0.3) is 0 Å². The van der Waals surface area contributed by atoms with Gasteiger partial charge in [-0.1, -0.05) is 18.7 Å². The van der Waals surface area contributed by atoms with Crippen molar-refractivity contribution in [3.05, 3.63) is 40.6 Å². The van der Waals surface area contributed by atoms with E-state index in [0.29, 0.717) is 0 Å². The number of allylic oxidation sites excluding steroid dienone is 2. The summed E-state index contributed by atoms with van der Waals surface area (Å²) in [6, 6.07) is 2.12. The molecule has 1 heterocycles. The van der Waals surface area contributed by atoms with Crippen molar-refractivity contribution >= 4 is 17.4 Å². The highest BCUT2D eigenvalue weighted by molar-refractivity contribution is 7.11. The van der Waals surface area contributed by atoms with E-state index in [2.05, 4.69) is 31.0 Å². The van der Waals surface area contributed by atoms with Crippen LogP contribution >= 0.6 is 11.3 Å². The van der Waals surface area contributed by atoms with Crippen LogP contribution in [0, 0.1) is 6.92 Å². The van der Waals surface area contributed by atoms with Crippen molar-refractivity contribution in [1.29, 1.82) is 0 Å². The summed E-state index contributed by atoms with van der Waals surface area (Å²) in [5.74, 6) is 0. The molecule has 0 unspecified atom stereocenters. The van der Waals surface area contributed by atoms with Gasteiger partial charge < -0.3 is 0 Å². The fourth-order valence-electron chi connectivity index (χ4n) is 0.711. The minimum Gasteiger partial charge on any atom is -0.144 e. The van der Waals surface area contributed by atoms with Crippen molar-refractivity contribution in [1.82, 2.24) is 0 Å². The van der Waals surface area contributed by atoms with E-state index in [-0.39, 0.29) is 0 Å². The highest BCUT2D eigenvalue weighted by Crippen LogP contribution is 2.16. The molecule has 1 heteroatoms. The van der Waals surface area contributed by atoms with E-state index in [1.165, 1.54) is 10.4 Å². The Bertz CT molecular complexity index is 243. The van der Waals surface area contributed by atoms with E-state index >= 15 is 0 Å². The Labute approximate surface area is 65.5 Å². The standard InChI is InChI=1S/C9H10S/c1-3-4-5-9-8(2)6-7-10-9/h3-7H,1H2,2H3/b5-4-. The predicted molar refractivity (Wildman–Crippen MR) is 48.3 cm³/mol. The predicted octanol–water partition coefficient (Wildman–Crippen LogP) is 3.26. The van der Waals surface area contributed by atoms with Gasteiger partial charge in [0.1, 0.15) is 0 Å². The Hall–Kier alpha value is -0.820. The molecule has 0 aliphatic carbocycles. The van der Waals surface area contributed by atoms with Crippen molar-refractivity contribution in [2.45, 2.75) is 6.92 Å². The number of hydrogen-bond acceptors (Lipinski definition) is 1. The lowest BCUT2D eigenvalue weighted by Gasteiger charge is -1.85. The van der Waals surface area contributed by atoms with Crippen LogP contribution in [0.1, 0.15) is 10.4 Å². The second-order valence-corrected chi connectivity index (χ2v) is 3.01. The molecule has 0 N–H and O–H groups in total. The van der Waals surface area contributed by atoms with Gasteiger partial charge in [-0.15, -0.1) is 11.3 Å². The lowest BCUT2D eigenvalue weighted by atomic mass is 10.3. The molecule has 0 bridgehead atoms. The average molecular weight is 150 g/mol.